The molecular formula is C14H25NS. The monoisotopic (exact) mass is 239 g/mol. The highest BCUT2D eigenvalue weighted by Gasteiger charge is 2.10. The molecule has 0 spiro atoms. The summed E-state index contributed by atoms with van der Waals surface area (Å²) in [6, 6.07) is 2.94. The van der Waals surface area contributed by atoms with Crippen LogP contribution in [0.1, 0.15) is 45.6 Å². The molecule has 0 aromatic carbocycles. The lowest BCUT2D eigenvalue weighted by Gasteiger charge is -2.20. The molecule has 0 bridgehead atoms. The van der Waals surface area contributed by atoms with E-state index >= 15 is 0 Å². The third kappa shape index (κ3) is 5.66. The Labute approximate surface area is 104 Å². The van der Waals surface area contributed by atoms with Crippen molar-refractivity contribution in [2.45, 2.75) is 52.5 Å². The molecule has 16 heavy (non-hydrogen) atoms. The summed E-state index contributed by atoms with van der Waals surface area (Å²) in [5.41, 5.74) is 1.50. The van der Waals surface area contributed by atoms with Gasteiger partial charge in [-0.1, -0.05) is 20.8 Å². The molecule has 1 heterocycles. The van der Waals surface area contributed by atoms with E-state index in [2.05, 4.69) is 42.9 Å². The second-order valence-electron chi connectivity index (χ2n) is 4.95. The van der Waals surface area contributed by atoms with Gasteiger partial charge in [0.2, 0.25) is 0 Å². The molecule has 0 saturated heterocycles. The largest absolute Gasteiger partial charge is 0.314 e. The average Bonchev–Trinajstić information content (AvgIpc) is 2.74. The van der Waals surface area contributed by atoms with E-state index in [9.17, 15) is 0 Å². The van der Waals surface area contributed by atoms with Crippen LogP contribution < -0.4 is 5.32 Å². The fraction of sp³-hybridized carbons (Fsp3) is 0.714. The van der Waals surface area contributed by atoms with E-state index in [1.165, 1.54) is 31.2 Å². The fourth-order valence-corrected chi connectivity index (χ4v) is 2.70. The van der Waals surface area contributed by atoms with Crippen molar-refractivity contribution in [2.75, 3.05) is 6.54 Å². The van der Waals surface area contributed by atoms with Crippen LogP contribution in [0.25, 0.3) is 0 Å². The number of aryl methyl sites for hydroxylation is 1. The van der Waals surface area contributed by atoms with E-state index in [4.69, 9.17) is 0 Å². The lowest BCUT2D eigenvalue weighted by molar-refractivity contribution is 0.399. The van der Waals surface area contributed by atoms with Crippen molar-refractivity contribution in [3.8, 4) is 0 Å². The predicted molar refractivity (Wildman–Crippen MR) is 74.2 cm³/mol. The van der Waals surface area contributed by atoms with Crippen molar-refractivity contribution in [3.05, 3.63) is 22.4 Å². The zero-order valence-electron chi connectivity index (χ0n) is 10.8. The number of rotatable bonds is 8. The Bertz CT molecular complexity index is 254. The van der Waals surface area contributed by atoms with E-state index < -0.39 is 0 Å². The predicted octanol–water partition coefficient (Wildman–Crippen LogP) is 4.10. The van der Waals surface area contributed by atoms with Crippen LogP contribution in [0.15, 0.2) is 16.8 Å². The smallest absolute Gasteiger partial charge is 0.00726 e. The highest BCUT2D eigenvalue weighted by atomic mass is 32.1. The number of hydrogen-bond acceptors (Lipinski definition) is 2. The van der Waals surface area contributed by atoms with Gasteiger partial charge in [0.15, 0.2) is 0 Å². The molecule has 1 aromatic rings. The average molecular weight is 239 g/mol. The number of hydrogen-bond donors (Lipinski definition) is 1. The van der Waals surface area contributed by atoms with E-state index in [0.29, 0.717) is 6.04 Å². The highest BCUT2D eigenvalue weighted by molar-refractivity contribution is 7.07. The van der Waals surface area contributed by atoms with Gasteiger partial charge < -0.3 is 5.32 Å². The van der Waals surface area contributed by atoms with Gasteiger partial charge in [-0.2, -0.15) is 11.3 Å². The van der Waals surface area contributed by atoms with Crippen LogP contribution in [-0.2, 0) is 6.42 Å². The van der Waals surface area contributed by atoms with Crippen LogP contribution in [-0.4, -0.2) is 12.6 Å². The van der Waals surface area contributed by atoms with Crippen molar-refractivity contribution >= 4 is 11.3 Å². The summed E-state index contributed by atoms with van der Waals surface area (Å²) in [5.74, 6) is 0.789. The molecule has 1 atom stereocenters. The van der Waals surface area contributed by atoms with Crippen molar-refractivity contribution < 1.29 is 0 Å². The van der Waals surface area contributed by atoms with Gasteiger partial charge in [-0.05, 0) is 60.5 Å². The molecule has 0 amide bonds. The van der Waals surface area contributed by atoms with E-state index in [-0.39, 0.29) is 0 Å². The first kappa shape index (κ1) is 13.7. The maximum Gasteiger partial charge on any atom is 0.00726 e. The van der Waals surface area contributed by atoms with Crippen LogP contribution in [0, 0.1) is 5.92 Å². The molecular weight excluding hydrogens is 214 g/mol. The first-order valence-corrected chi connectivity index (χ1v) is 7.41. The Kier molecular flexibility index (Phi) is 6.74. The minimum atomic E-state index is 0.694. The Morgan fingerprint density at radius 3 is 2.75 bits per heavy atom. The van der Waals surface area contributed by atoms with Crippen LogP contribution >= 0.6 is 11.3 Å². The van der Waals surface area contributed by atoms with Gasteiger partial charge in [0.05, 0.1) is 0 Å². The van der Waals surface area contributed by atoms with Gasteiger partial charge in [-0.3, -0.25) is 0 Å². The number of nitrogens with one attached hydrogen (secondary N) is 1. The lowest BCUT2D eigenvalue weighted by Crippen LogP contribution is -2.31. The topological polar surface area (TPSA) is 12.0 Å². The second-order valence-corrected chi connectivity index (χ2v) is 5.73. The molecule has 0 aliphatic rings. The lowest BCUT2D eigenvalue weighted by atomic mass is 9.98. The molecule has 92 valence electrons. The molecule has 1 rings (SSSR count). The molecule has 0 fully saturated rings. The molecule has 0 aliphatic carbocycles. The molecule has 2 heteroatoms. The normalized spacial score (nSPS) is 13.2. The SMILES string of the molecule is CCCNC(CCc1ccsc1)CC(C)C. The summed E-state index contributed by atoms with van der Waals surface area (Å²) in [6.07, 6.45) is 5.02. The van der Waals surface area contributed by atoms with Crippen molar-refractivity contribution in [3.63, 3.8) is 0 Å². The summed E-state index contributed by atoms with van der Waals surface area (Å²) in [4.78, 5) is 0. The van der Waals surface area contributed by atoms with Crippen LogP contribution in [0.2, 0.25) is 0 Å². The molecule has 1 unspecified atom stereocenters. The van der Waals surface area contributed by atoms with E-state index in [1.54, 1.807) is 11.3 Å². The van der Waals surface area contributed by atoms with Gasteiger partial charge >= 0.3 is 0 Å². The van der Waals surface area contributed by atoms with Gasteiger partial charge in [-0.25, -0.2) is 0 Å². The van der Waals surface area contributed by atoms with Gasteiger partial charge in [0, 0.05) is 6.04 Å². The first-order valence-electron chi connectivity index (χ1n) is 6.46. The zero-order chi connectivity index (χ0) is 11.8. The Balaban J connectivity index is 2.31. The van der Waals surface area contributed by atoms with Crippen molar-refractivity contribution in [1.82, 2.24) is 5.32 Å². The number of thiophene rings is 1. The molecule has 0 saturated carbocycles. The fourth-order valence-electron chi connectivity index (χ4n) is 2.00. The molecule has 0 radical (unpaired) electrons. The third-order valence-corrected chi connectivity index (χ3v) is 3.53. The van der Waals surface area contributed by atoms with Gasteiger partial charge in [-0.15, -0.1) is 0 Å². The summed E-state index contributed by atoms with van der Waals surface area (Å²) < 4.78 is 0. The minimum Gasteiger partial charge on any atom is -0.314 e. The van der Waals surface area contributed by atoms with Gasteiger partial charge in [0.1, 0.15) is 0 Å². The maximum atomic E-state index is 3.67. The third-order valence-electron chi connectivity index (χ3n) is 2.80. The summed E-state index contributed by atoms with van der Waals surface area (Å²) in [5, 5.41) is 8.11. The van der Waals surface area contributed by atoms with Crippen LogP contribution in [0.5, 0.6) is 0 Å². The molecule has 0 aliphatic heterocycles. The Morgan fingerprint density at radius 2 is 2.19 bits per heavy atom. The quantitative estimate of drug-likeness (QED) is 0.720. The molecule has 1 N–H and O–H groups in total. The Hall–Kier alpha value is -0.340. The first-order chi connectivity index (χ1) is 7.72. The van der Waals surface area contributed by atoms with Crippen molar-refractivity contribution in [2.24, 2.45) is 5.92 Å². The van der Waals surface area contributed by atoms with E-state index in [1.807, 2.05) is 0 Å². The molecule has 1 nitrogen and oxygen atoms in total. The Morgan fingerprint density at radius 1 is 1.38 bits per heavy atom. The standard InChI is InChI=1S/C14H25NS/c1-4-8-15-14(10-12(2)3)6-5-13-7-9-16-11-13/h7,9,11-12,14-15H,4-6,8,10H2,1-3H3. The highest BCUT2D eigenvalue weighted by Crippen LogP contribution is 2.14. The van der Waals surface area contributed by atoms with Crippen molar-refractivity contribution in [1.29, 1.82) is 0 Å². The van der Waals surface area contributed by atoms with Gasteiger partial charge in [0.25, 0.3) is 0 Å². The van der Waals surface area contributed by atoms with E-state index in [0.717, 1.165) is 12.5 Å². The zero-order valence-corrected chi connectivity index (χ0v) is 11.6. The summed E-state index contributed by atoms with van der Waals surface area (Å²) in [7, 11) is 0. The van der Waals surface area contributed by atoms with Crippen LogP contribution in [0.3, 0.4) is 0 Å². The second kappa shape index (κ2) is 7.86. The molecule has 1 aromatic heterocycles. The maximum absolute atomic E-state index is 3.67. The summed E-state index contributed by atoms with van der Waals surface area (Å²) >= 11 is 1.80. The minimum absolute atomic E-state index is 0.694. The summed E-state index contributed by atoms with van der Waals surface area (Å²) in [6.45, 7) is 8.01. The van der Waals surface area contributed by atoms with Crippen LogP contribution in [0.4, 0.5) is 0 Å².